The third-order valence-corrected chi connectivity index (χ3v) is 2.93. The van der Waals surface area contributed by atoms with E-state index in [1.807, 2.05) is 31.2 Å². The first-order chi connectivity index (χ1) is 9.72. The minimum Gasteiger partial charge on any atom is -0.481 e. The van der Waals surface area contributed by atoms with Crippen molar-refractivity contribution in [2.45, 2.75) is 13.5 Å². The van der Waals surface area contributed by atoms with Gasteiger partial charge < -0.3 is 15.4 Å². The molecule has 2 N–H and O–H groups in total. The normalized spacial score (nSPS) is 10.3. The Bertz CT molecular complexity index is 545. The maximum Gasteiger partial charge on any atom is 0.229 e. The van der Waals surface area contributed by atoms with E-state index in [4.69, 9.17) is 10.5 Å². The number of hydrogen-bond donors (Lipinski definition) is 1. The van der Waals surface area contributed by atoms with Gasteiger partial charge in [-0.2, -0.15) is 4.98 Å². The summed E-state index contributed by atoms with van der Waals surface area (Å²) in [7, 11) is 1.61. The van der Waals surface area contributed by atoms with Crippen molar-refractivity contribution < 1.29 is 4.74 Å². The molecule has 0 aliphatic carbocycles. The molecule has 0 saturated carbocycles. The first kappa shape index (κ1) is 14.3. The number of nitrogens with zero attached hydrogens (tertiary/aromatic N) is 3. The van der Waals surface area contributed by atoms with Gasteiger partial charge >= 0.3 is 0 Å². The van der Waals surface area contributed by atoms with Gasteiger partial charge in [0.2, 0.25) is 11.8 Å². The van der Waals surface area contributed by atoms with Crippen LogP contribution in [0.15, 0.2) is 36.4 Å². The first-order valence-corrected chi connectivity index (χ1v) is 6.61. The molecule has 1 aromatic carbocycles. The Hall–Kier alpha value is -2.14. The van der Waals surface area contributed by atoms with Gasteiger partial charge in [-0.05, 0) is 12.5 Å². The molecule has 5 heteroatoms. The summed E-state index contributed by atoms with van der Waals surface area (Å²) < 4.78 is 5.21. The van der Waals surface area contributed by atoms with Gasteiger partial charge in [0.25, 0.3) is 0 Å². The first-order valence-electron chi connectivity index (χ1n) is 6.61. The maximum atomic E-state index is 5.70. The van der Waals surface area contributed by atoms with Crippen molar-refractivity contribution in [3.8, 4) is 5.88 Å². The van der Waals surface area contributed by atoms with Crippen molar-refractivity contribution in [2.24, 2.45) is 5.73 Å². The van der Waals surface area contributed by atoms with Gasteiger partial charge in [-0.25, -0.2) is 4.98 Å². The number of rotatable bonds is 6. The minimum absolute atomic E-state index is 0.548. The van der Waals surface area contributed by atoms with Crippen LogP contribution in [-0.2, 0) is 6.54 Å². The minimum atomic E-state index is 0.548. The van der Waals surface area contributed by atoms with Gasteiger partial charge in [0.15, 0.2) is 0 Å². The molecule has 0 unspecified atom stereocenters. The smallest absolute Gasteiger partial charge is 0.229 e. The summed E-state index contributed by atoms with van der Waals surface area (Å²) in [5.41, 5.74) is 7.78. The zero-order valence-corrected chi connectivity index (χ0v) is 11.9. The number of aromatic nitrogens is 2. The number of ether oxygens (including phenoxy) is 1. The van der Waals surface area contributed by atoms with Crippen LogP contribution >= 0.6 is 0 Å². The highest BCUT2D eigenvalue weighted by molar-refractivity contribution is 5.36. The third kappa shape index (κ3) is 3.68. The topological polar surface area (TPSA) is 64.3 Å². The lowest BCUT2D eigenvalue weighted by atomic mass is 10.2. The molecule has 106 valence electrons. The molecule has 0 amide bonds. The second-order valence-corrected chi connectivity index (χ2v) is 4.55. The third-order valence-electron chi connectivity index (χ3n) is 2.93. The monoisotopic (exact) mass is 272 g/mol. The molecular formula is C15H20N4O. The summed E-state index contributed by atoms with van der Waals surface area (Å²) in [6.07, 6.45) is 0. The molecule has 2 rings (SSSR count). The number of nitrogens with two attached hydrogens (primary N) is 1. The van der Waals surface area contributed by atoms with Crippen molar-refractivity contribution in [1.82, 2.24) is 9.97 Å². The summed E-state index contributed by atoms with van der Waals surface area (Å²) in [4.78, 5) is 10.9. The van der Waals surface area contributed by atoms with Gasteiger partial charge in [-0.3, -0.25) is 0 Å². The summed E-state index contributed by atoms with van der Waals surface area (Å²) in [6.45, 7) is 3.90. The van der Waals surface area contributed by atoms with Gasteiger partial charge in [0.05, 0.1) is 7.11 Å². The number of anilines is 1. The Labute approximate surface area is 119 Å². The van der Waals surface area contributed by atoms with Crippen LogP contribution in [0.2, 0.25) is 0 Å². The van der Waals surface area contributed by atoms with Crippen LogP contribution < -0.4 is 15.4 Å². The van der Waals surface area contributed by atoms with E-state index < -0.39 is 0 Å². The molecule has 0 aliphatic rings. The molecule has 0 bridgehead atoms. The van der Waals surface area contributed by atoms with E-state index in [1.165, 1.54) is 5.56 Å². The van der Waals surface area contributed by atoms with Crippen LogP contribution in [-0.4, -0.2) is 30.2 Å². The average Bonchev–Trinajstić information content (AvgIpc) is 2.47. The lowest BCUT2D eigenvalue weighted by molar-refractivity contribution is 0.396. The van der Waals surface area contributed by atoms with Crippen LogP contribution in [0.1, 0.15) is 11.3 Å². The SMILES string of the molecule is COc1cc(C)nc(N(CCN)Cc2ccccc2)n1. The second kappa shape index (κ2) is 6.86. The second-order valence-electron chi connectivity index (χ2n) is 4.55. The fourth-order valence-electron chi connectivity index (χ4n) is 1.98. The molecule has 20 heavy (non-hydrogen) atoms. The van der Waals surface area contributed by atoms with Gasteiger partial charge in [0, 0.05) is 31.4 Å². The predicted octanol–water partition coefficient (Wildman–Crippen LogP) is 1.76. The molecule has 5 nitrogen and oxygen atoms in total. The number of hydrogen-bond acceptors (Lipinski definition) is 5. The highest BCUT2D eigenvalue weighted by Crippen LogP contribution is 2.17. The number of benzene rings is 1. The molecule has 0 spiro atoms. The van der Waals surface area contributed by atoms with Crippen molar-refractivity contribution in [2.75, 3.05) is 25.1 Å². The van der Waals surface area contributed by atoms with Crippen LogP contribution in [0, 0.1) is 6.92 Å². The van der Waals surface area contributed by atoms with Crippen LogP contribution in [0.5, 0.6) is 5.88 Å². The Morgan fingerprint density at radius 1 is 1.20 bits per heavy atom. The molecule has 1 heterocycles. The fraction of sp³-hybridized carbons (Fsp3) is 0.333. The van der Waals surface area contributed by atoms with Crippen molar-refractivity contribution in [3.05, 3.63) is 47.7 Å². The quantitative estimate of drug-likeness (QED) is 0.868. The van der Waals surface area contributed by atoms with Crippen LogP contribution in [0.25, 0.3) is 0 Å². The highest BCUT2D eigenvalue weighted by Gasteiger charge is 2.11. The molecule has 0 atom stereocenters. The maximum absolute atomic E-state index is 5.70. The van der Waals surface area contributed by atoms with Crippen molar-refractivity contribution >= 4 is 5.95 Å². The summed E-state index contributed by atoms with van der Waals surface area (Å²) in [5, 5.41) is 0. The lowest BCUT2D eigenvalue weighted by Gasteiger charge is -2.22. The zero-order valence-electron chi connectivity index (χ0n) is 11.9. The molecule has 0 aliphatic heterocycles. The van der Waals surface area contributed by atoms with E-state index >= 15 is 0 Å². The summed E-state index contributed by atoms with van der Waals surface area (Å²) in [5.74, 6) is 1.22. The predicted molar refractivity (Wildman–Crippen MR) is 79.9 cm³/mol. The lowest BCUT2D eigenvalue weighted by Crippen LogP contribution is -2.30. The van der Waals surface area contributed by atoms with Crippen molar-refractivity contribution in [1.29, 1.82) is 0 Å². The number of aryl methyl sites for hydroxylation is 1. The molecular weight excluding hydrogens is 252 g/mol. The average molecular weight is 272 g/mol. The Morgan fingerprint density at radius 2 is 1.95 bits per heavy atom. The summed E-state index contributed by atoms with van der Waals surface area (Å²) in [6, 6.07) is 12.0. The van der Waals surface area contributed by atoms with E-state index in [9.17, 15) is 0 Å². The Balaban J connectivity index is 2.26. The van der Waals surface area contributed by atoms with E-state index in [-0.39, 0.29) is 0 Å². The molecule has 1 aromatic heterocycles. The summed E-state index contributed by atoms with van der Waals surface area (Å²) >= 11 is 0. The standard InChI is InChI=1S/C15H20N4O/c1-12-10-14(20-2)18-15(17-12)19(9-8-16)11-13-6-4-3-5-7-13/h3-7,10H,8-9,11,16H2,1-2H3. The molecule has 0 fully saturated rings. The van der Waals surface area contributed by atoms with Gasteiger partial charge in [-0.1, -0.05) is 30.3 Å². The van der Waals surface area contributed by atoms with E-state index in [0.29, 0.717) is 24.9 Å². The Kier molecular flexibility index (Phi) is 4.90. The molecule has 0 saturated heterocycles. The largest absolute Gasteiger partial charge is 0.481 e. The highest BCUT2D eigenvalue weighted by atomic mass is 16.5. The van der Waals surface area contributed by atoms with Crippen LogP contribution in [0.3, 0.4) is 0 Å². The fourth-order valence-corrected chi connectivity index (χ4v) is 1.98. The van der Waals surface area contributed by atoms with Gasteiger partial charge in [-0.15, -0.1) is 0 Å². The van der Waals surface area contributed by atoms with Gasteiger partial charge in [0.1, 0.15) is 0 Å². The van der Waals surface area contributed by atoms with E-state index in [2.05, 4.69) is 27.0 Å². The van der Waals surface area contributed by atoms with E-state index in [1.54, 1.807) is 7.11 Å². The Morgan fingerprint density at radius 3 is 2.60 bits per heavy atom. The zero-order chi connectivity index (χ0) is 14.4. The number of methoxy groups -OCH3 is 1. The molecule has 0 radical (unpaired) electrons. The molecule has 2 aromatic rings. The van der Waals surface area contributed by atoms with Crippen LogP contribution in [0.4, 0.5) is 5.95 Å². The van der Waals surface area contributed by atoms with Crippen molar-refractivity contribution in [3.63, 3.8) is 0 Å². The van der Waals surface area contributed by atoms with E-state index in [0.717, 1.165) is 12.2 Å².